The van der Waals surface area contributed by atoms with Crippen molar-refractivity contribution in [2.45, 2.75) is 33.2 Å². The first-order valence-electron chi connectivity index (χ1n) is 10.3. The molecule has 156 valence electrons. The van der Waals surface area contributed by atoms with E-state index in [1.54, 1.807) is 22.2 Å². The average Bonchev–Trinajstić information content (AvgIpc) is 3.16. The van der Waals surface area contributed by atoms with Crippen molar-refractivity contribution in [2.75, 3.05) is 26.2 Å². The molecule has 0 aliphatic carbocycles. The zero-order valence-corrected chi connectivity index (χ0v) is 17.6. The van der Waals surface area contributed by atoms with Crippen molar-refractivity contribution in [1.29, 1.82) is 0 Å². The summed E-state index contributed by atoms with van der Waals surface area (Å²) in [4.78, 5) is 38.1. The number of fused-ring (bicyclic) bond motifs is 1. The Morgan fingerprint density at radius 3 is 2.50 bits per heavy atom. The van der Waals surface area contributed by atoms with Gasteiger partial charge in [0, 0.05) is 49.5 Å². The van der Waals surface area contributed by atoms with E-state index < -0.39 is 0 Å². The lowest BCUT2D eigenvalue weighted by Gasteiger charge is -2.35. The van der Waals surface area contributed by atoms with Crippen molar-refractivity contribution in [3.05, 3.63) is 53.6 Å². The fraction of sp³-hybridized carbons (Fsp3) is 0.409. The number of hydrogen-bond donors (Lipinski definition) is 0. The monoisotopic (exact) mass is 406 g/mol. The Kier molecular flexibility index (Phi) is 5.48. The molecule has 4 rings (SSSR count). The van der Waals surface area contributed by atoms with Crippen LogP contribution in [0, 0.1) is 6.92 Å². The number of amides is 2. The van der Waals surface area contributed by atoms with Crippen LogP contribution in [0.2, 0.25) is 0 Å². The maximum absolute atomic E-state index is 13.1. The maximum Gasteiger partial charge on any atom is 0.255 e. The zero-order valence-electron chi connectivity index (χ0n) is 17.6. The summed E-state index contributed by atoms with van der Waals surface area (Å²) in [6, 6.07) is 7.65. The number of pyridine rings is 2. The molecular formula is C22H26N6O2. The van der Waals surface area contributed by atoms with Crippen LogP contribution in [-0.2, 0) is 11.2 Å². The van der Waals surface area contributed by atoms with E-state index in [2.05, 4.69) is 28.9 Å². The molecule has 4 heterocycles. The van der Waals surface area contributed by atoms with Crippen LogP contribution in [0.25, 0.3) is 11.0 Å². The van der Waals surface area contributed by atoms with Crippen molar-refractivity contribution in [2.24, 2.45) is 0 Å². The molecule has 1 saturated heterocycles. The third kappa shape index (κ3) is 3.90. The summed E-state index contributed by atoms with van der Waals surface area (Å²) in [5.74, 6) is -0.00260. The molecule has 0 bridgehead atoms. The molecule has 8 nitrogen and oxygen atoms in total. The van der Waals surface area contributed by atoms with Gasteiger partial charge in [0.15, 0.2) is 5.65 Å². The largest absolute Gasteiger partial charge is 0.339 e. The van der Waals surface area contributed by atoms with Crippen molar-refractivity contribution in [3.8, 4) is 0 Å². The minimum Gasteiger partial charge on any atom is -0.339 e. The maximum atomic E-state index is 13.1. The summed E-state index contributed by atoms with van der Waals surface area (Å²) in [5.41, 5.74) is 2.85. The zero-order chi connectivity index (χ0) is 21.3. The summed E-state index contributed by atoms with van der Waals surface area (Å²) < 4.78 is 1.86. The van der Waals surface area contributed by atoms with Crippen LogP contribution in [0.15, 0.2) is 36.7 Å². The molecule has 0 radical (unpaired) electrons. The topological polar surface area (TPSA) is 84.2 Å². The number of piperazine rings is 1. The normalized spacial score (nSPS) is 14.5. The minimum atomic E-state index is -0.0454. The van der Waals surface area contributed by atoms with Crippen molar-refractivity contribution < 1.29 is 9.59 Å². The van der Waals surface area contributed by atoms with Gasteiger partial charge < -0.3 is 9.80 Å². The number of aromatic nitrogens is 4. The second-order valence-corrected chi connectivity index (χ2v) is 7.89. The summed E-state index contributed by atoms with van der Waals surface area (Å²) in [7, 11) is 0. The summed E-state index contributed by atoms with van der Waals surface area (Å²) in [6.07, 6.45) is 3.73. The SMILES string of the molecule is Cc1nc2c(cnn2C(C)C)cc1C(=O)N1CCN(C(=O)Cc2ccccn2)CC1. The average molecular weight is 406 g/mol. The Hall–Kier alpha value is -3.29. The van der Waals surface area contributed by atoms with Crippen LogP contribution in [0.4, 0.5) is 0 Å². The van der Waals surface area contributed by atoms with E-state index >= 15 is 0 Å². The molecule has 0 unspecified atom stereocenters. The van der Waals surface area contributed by atoms with Crippen molar-refractivity contribution in [3.63, 3.8) is 0 Å². The lowest BCUT2D eigenvalue weighted by atomic mass is 10.1. The molecule has 0 saturated carbocycles. The van der Waals surface area contributed by atoms with Gasteiger partial charge in [0.05, 0.1) is 23.9 Å². The van der Waals surface area contributed by atoms with E-state index in [1.165, 1.54) is 0 Å². The van der Waals surface area contributed by atoms with E-state index in [0.717, 1.165) is 16.7 Å². The first-order chi connectivity index (χ1) is 14.4. The van der Waals surface area contributed by atoms with Crippen molar-refractivity contribution in [1.82, 2.24) is 29.5 Å². The summed E-state index contributed by atoms with van der Waals surface area (Å²) in [5, 5.41) is 5.26. The Morgan fingerprint density at radius 1 is 1.10 bits per heavy atom. The van der Waals surface area contributed by atoms with Crippen LogP contribution in [0.5, 0.6) is 0 Å². The van der Waals surface area contributed by atoms with Gasteiger partial charge in [-0.2, -0.15) is 5.10 Å². The lowest BCUT2D eigenvalue weighted by Crippen LogP contribution is -2.51. The third-order valence-corrected chi connectivity index (χ3v) is 5.46. The Bertz CT molecular complexity index is 1070. The van der Waals surface area contributed by atoms with E-state index in [9.17, 15) is 9.59 Å². The van der Waals surface area contributed by atoms with Crippen LogP contribution in [0.3, 0.4) is 0 Å². The van der Waals surface area contributed by atoms with Gasteiger partial charge in [-0.25, -0.2) is 9.67 Å². The second-order valence-electron chi connectivity index (χ2n) is 7.89. The van der Waals surface area contributed by atoms with E-state index in [0.29, 0.717) is 37.4 Å². The smallest absolute Gasteiger partial charge is 0.255 e. The van der Waals surface area contributed by atoms with Gasteiger partial charge in [-0.1, -0.05) is 6.07 Å². The van der Waals surface area contributed by atoms with E-state index in [1.807, 2.05) is 35.9 Å². The molecule has 0 N–H and O–H groups in total. The highest BCUT2D eigenvalue weighted by molar-refractivity contribution is 5.98. The van der Waals surface area contributed by atoms with Crippen LogP contribution in [-0.4, -0.2) is 67.5 Å². The lowest BCUT2D eigenvalue weighted by molar-refractivity contribution is -0.132. The van der Waals surface area contributed by atoms with Gasteiger partial charge in [0.2, 0.25) is 5.91 Å². The van der Waals surface area contributed by atoms with Gasteiger partial charge in [0.25, 0.3) is 5.91 Å². The van der Waals surface area contributed by atoms with Gasteiger partial charge in [-0.3, -0.25) is 14.6 Å². The highest BCUT2D eigenvalue weighted by Gasteiger charge is 2.26. The van der Waals surface area contributed by atoms with Crippen LogP contribution >= 0.6 is 0 Å². The second kappa shape index (κ2) is 8.22. The first kappa shape index (κ1) is 20.0. The molecule has 3 aromatic heterocycles. The third-order valence-electron chi connectivity index (χ3n) is 5.46. The number of carbonyl (C=O) groups excluding carboxylic acids is 2. The molecule has 2 amide bonds. The van der Waals surface area contributed by atoms with Gasteiger partial charge in [-0.15, -0.1) is 0 Å². The summed E-state index contributed by atoms with van der Waals surface area (Å²) in [6.45, 7) is 8.03. The van der Waals surface area contributed by atoms with E-state index in [-0.39, 0.29) is 24.3 Å². The highest BCUT2D eigenvalue weighted by Crippen LogP contribution is 2.21. The molecule has 0 spiro atoms. The Morgan fingerprint density at radius 2 is 1.83 bits per heavy atom. The molecule has 3 aromatic rings. The number of rotatable bonds is 4. The number of hydrogen-bond acceptors (Lipinski definition) is 5. The molecule has 1 aliphatic heterocycles. The van der Waals surface area contributed by atoms with E-state index in [4.69, 9.17) is 0 Å². The van der Waals surface area contributed by atoms with Gasteiger partial charge in [0.1, 0.15) is 0 Å². The molecule has 0 aromatic carbocycles. The predicted molar refractivity (Wildman–Crippen MR) is 113 cm³/mol. The quantitative estimate of drug-likeness (QED) is 0.663. The Balaban J connectivity index is 1.43. The predicted octanol–water partition coefficient (Wildman–Crippen LogP) is 2.24. The van der Waals surface area contributed by atoms with Crippen molar-refractivity contribution >= 4 is 22.8 Å². The van der Waals surface area contributed by atoms with Crippen LogP contribution < -0.4 is 0 Å². The fourth-order valence-corrected chi connectivity index (χ4v) is 3.76. The Labute approximate surface area is 175 Å². The first-order valence-corrected chi connectivity index (χ1v) is 10.3. The number of aryl methyl sites for hydroxylation is 1. The molecule has 0 atom stereocenters. The number of nitrogens with zero attached hydrogens (tertiary/aromatic N) is 6. The summed E-state index contributed by atoms with van der Waals surface area (Å²) >= 11 is 0. The number of carbonyl (C=O) groups is 2. The molecule has 1 fully saturated rings. The van der Waals surface area contributed by atoms with Crippen LogP contribution in [0.1, 0.15) is 41.6 Å². The standard InChI is InChI=1S/C22H26N6O2/c1-15(2)28-21-17(14-24-28)12-19(16(3)25-21)22(30)27-10-8-26(9-11-27)20(29)13-18-6-4-5-7-23-18/h4-7,12,14-15H,8-11,13H2,1-3H3. The molecule has 30 heavy (non-hydrogen) atoms. The molecule has 1 aliphatic rings. The minimum absolute atomic E-state index is 0.0427. The highest BCUT2D eigenvalue weighted by atomic mass is 16.2. The van der Waals surface area contributed by atoms with Gasteiger partial charge in [-0.05, 0) is 39.0 Å². The molecule has 8 heteroatoms. The van der Waals surface area contributed by atoms with Gasteiger partial charge >= 0.3 is 0 Å². The molecular weight excluding hydrogens is 380 g/mol. The fourth-order valence-electron chi connectivity index (χ4n) is 3.76.